The van der Waals surface area contributed by atoms with E-state index in [4.69, 9.17) is 34.8 Å². The lowest BCUT2D eigenvalue weighted by molar-refractivity contribution is -0.146. The van der Waals surface area contributed by atoms with Crippen LogP contribution in [0.2, 0.25) is 10.0 Å². The largest absolute Gasteiger partial charge is 0.481 e. The van der Waals surface area contributed by atoms with Crippen LogP contribution in [0, 0.1) is 11.8 Å². The molecule has 0 bridgehead atoms. The van der Waals surface area contributed by atoms with Crippen molar-refractivity contribution >= 4 is 52.4 Å². The van der Waals surface area contributed by atoms with Crippen LogP contribution in [-0.4, -0.2) is 17.0 Å². The number of benzene rings is 1. The zero-order chi connectivity index (χ0) is 15.6. The van der Waals surface area contributed by atoms with Crippen molar-refractivity contribution in [1.82, 2.24) is 0 Å². The molecule has 2 rings (SSSR count). The molecule has 1 aliphatic carbocycles. The summed E-state index contributed by atoms with van der Waals surface area (Å²) in [6.07, 6.45) is 2.06. The predicted molar refractivity (Wildman–Crippen MR) is 82.9 cm³/mol. The van der Waals surface area contributed by atoms with Crippen LogP contribution in [0.1, 0.15) is 12.8 Å². The van der Waals surface area contributed by atoms with Crippen LogP contribution in [0.5, 0.6) is 0 Å². The molecule has 0 aliphatic heterocycles. The lowest BCUT2D eigenvalue weighted by Crippen LogP contribution is -2.35. The highest BCUT2D eigenvalue weighted by molar-refractivity contribution is 6.35. The van der Waals surface area contributed by atoms with Gasteiger partial charge in [0.25, 0.3) is 0 Å². The van der Waals surface area contributed by atoms with E-state index >= 15 is 0 Å². The third-order valence-electron chi connectivity index (χ3n) is 3.33. The maximum atomic E-state index is 12.3. The van der Waals surface area contributed by atoms with Crippen LogP contribution in [-0.2, 0) is 9.59 Å². The van der Waals surface area contributed by atoms with E-state index in [9.17, 15) is 14.7 Å². The number of carbonyl (C=O) groups excluding carboxylic acids is 1. The molecule has 2 N–H and O–H groups in total. The minimum Gasteiger partial charge on any atom is -0.481 e. The molecule has 112 valence electrons. The molecule has 21 heavy (non-hydrogen) atoms. The number of nitrogens with one attached hydrogen (secondary N) is 1. The number of hydrogen-bond acceptors (Lipinski definition) is 2. The van der Waals surface area contributed by atoms with Crippen molar-refractivity contribution in [3.05, 3.63) is 39.4 Å². The summed E-state index contributed by atoms with van der Waals surface area (Å²) in [7, 11) is 0. The fourth-order valence-electron chi connectivity index (χ4n) is 2.22. The number of hydrogen-bond donors (Lipinski definition) is 2. The summed E-state index contributed by atoms with van der Waals surface area (Å²) in [6, 6.07) is 4.67. The van der Waals surface area contributed by atoms with Gasteiger partial charge >= 0.3 is 5.97 Å². The Morgan fingerprint density at radius 1 is 1.19 bits per heavy atom. The highest BCUT2D eigenvalue weighted by Crippen LogP contribution is 2.34. The third kappa shape index (κ3) is 3.90. The maximum absolute atomic E-state index is 12.3. The van der Waals surface area contributed by atoms with E-state index in [-0.39, 0.29) is 12.8 Å². The molecule has 0 unspecified atom stereocenters. The number of carboxylic acids is 1. The van der Waals surface area contributed by atoms with Crippen molar-refractivity contribution in [2.45, 2.75) is 12.8 Å². The minimum absolute atomic E-state index is 0.197. The van der Waals surface area contributed by atoms with E-state index in [0.717, 1.165) is 0 Å². The van der Waals surface area contributed by atoms with Crippen LogP contribution in [0.25, 0.3) is 0 Å². The molecular weight excluding hydrogens is 337 g/mol. The first-order chi connectivity index (χ1) is 9.88. The number of carboxylic acid groups (broad SMARTS) is 1. The first kappa shape index (κ1) is 16.1. The number of carbonyl (C=O) groups is 2. The van der Waals surface area contributed by atoms with Gasteiger partial charge in [-0.05, 0) is 31.0 Å². The maximum Gasteiger partial charge on any atom is 0.307 e. The number of amides is 1. The second-order valence-electron chi connectivity index (χ2n) is 4.76. The van der Waals surface area contributed by atoms with E-state index in [2.05, 4.69) is 5.32 Å². The summed E-state index contributed by atoms with van der Waals surface area (Å²) in [5.74, 6) is -2.99. The Balaban J connectivity index is 2.20. The summed E-state index contributed by atoms with van der Waals surface area (Å²) in [5, 5.41) is 13.1. The zero-order valence-electron chi connectivity index (χ0n) is 10.8. The molecule has 0 saturated heterocycles. The fourth-order valence-corrected chi connectivity index (χ4v) is 2.81. The SMILES string of the molecule is O=C(Nc1cc(Cl)ccc1Cl)[C@H]1CC(Cl)=CC[C@H]1C(=O)O. The van der Waals surface area contributed by atoms with E-state index in [1.165, 1.54) is 6.07 Å². The Labute approximate surface area is 136 Å². The second-order valence-corrected chi connectivity index (χ2v) is 6.08. The first-order valence-electron chi connectivity index (χ1n) is 6.21. The van der Waals surface area contributed by atoms with Gasteiger partial charge in [0.15, 0.2) is 0 Å². The van der Waals surface area contributed by atoms with E-state index < -0.39 is 23.7 Å². The molecular formula is C14H12Cl3NO3. The van der Waals surface area contributed by atoms with E-state index in [1.54, 1.807) is 18.2 Å². The molecule has 0 saturated carbocycles. The number of rotatable bonds is 3. The Bertz CT molecular complexity index is 615. The van der Waals surface area contributed by atoms with Gasteiger partial charge in [-0.15, -0.1) is 0 Å². The monoisotopic (exact) mass is 347 g/mol. The van der Waals surface area contributed by atoms with Crippen molar-refractivity contribution < 1.29 is 14.7 Å². The van der Waals surface area contributed by atoms with Crippen molar-refractivity contribution in [3.8, 4) is 0 Å². The van der Waals surface area contributed by atoms with Gasteiger partial charge in [-0.3, -0.25) is 9.59 Å². The highest BCUT2D eigenvalue weighted by atomic mass is 35.5. The van der Waals surface area contributed by atoms with Crippen molar-refractivity contribution in [3.63, 3.8) is 0 Å². The Morgan fingerprint density at radius 2 is 1.90 bits per heavy atom. The molecule has 0 spiro atoms. The van der Waals surface area contributed by atoms with Gasteiger partial charge in [0.2, 0.25) is 5.91 Å². The summed E-state index contributed by atoms with van der Waals surface area (Å²) in [5.41, 5.74) is 0.351. The number of aliphatic carboxylic acids is 1. The minimum atomic E-state index is -1.02. The van der Waals surface area contributed by atoms with Crippen molar-refractivity contribution in [1.29, 1.82) is 0 Å². The normalized spacial score (nSPS) is 21.6. The Kier molecular flexibility index (Phi) is 5.14. The summed E-state index contributed by atoms with van der Waals surface area (Å²) in [6.45, 7) is 0. The molecule has 0 radical (unpaired) electrons. The molecule has 0 fully saturated rings. The molecule has 1 amide bonds. The van der Waals surface area contributed by atoms with Crippen molar-refractivity contribution in [2.75, 3.05) is 5.32 Å². The van der Waals surface area contributed by atoms with Crippen LogP contribution < -0.4 is 5.32 Å². The van der Waals surface area contributed by atoms with E-state index in [0.29, 0.717) is 20.8 Å². The molecule has 7 heteroatoms. The molecule has 1 aromatic rings. The molecule has 1 aliphatic rings. The van der Waals surface area contributed by atoms with Crippen LogP contribution in [0.3, 0.4) is 0 Å². The lowest BCUT2D eigenvalue weighted by atomic mass is 9.82. The molecule has 4 nitrogen and oxygen atoms in total. The fraction of sp³-hybridized carbons (Fsp3) is 0.286. The van der Waals surface area contributed by atoms with Crippen molar-refractivity contribution in [2.24, 2.45) is 11.8 Å². The van der Waals surface area contributed by atoms with Gasteiger partial charge in [0.1, 0.15) is 0 Å². The molecule has 2 atom stereocenters. The lowest BCUT2D eigenvalue weighted by Gasteiger charge is -2.26. The quantitative estimate of drug-likeness (QED) is 0.861. The Morgan fingerprint density at radius 3 is 2.57 bits per heavy atom. The van der Waals surface area contributed by atoms with Crippen LogP contribution in [0.15, 0.2) is 29.3 Å². The number of allylic oxidation sites excluding steroid dienone is 2. The standard InChI is InChI=1S/C14H12Cl3NO3/c15-7-1-3-9(14(20)21)10(5-7)13(19)18-12-6-8(16)2-4-11(12)17/h1-2,4,6,9-10H,3,5H2,(H,18,19)(H,20,21)/t9-,10+/m1/s1. The average molecular weight is 349 g/mol. The van der Waals surface area contributed by atoms with Gasteiger partial charge in [-0.25, -0.2) is 0 Å². The zero-order valence-corrected chi connectivity index (χ0v) is 13.0. The van der Waals surface area contributed by atoms with E-state index in [1.807, 2.05) is 0 Å². The highest BCUT2D eigenvalue weighted by Gasteiger charge is 2.36. The van der Waals surface area contributed by atoms with Gasteiger partial charge in [-0.2, -0.15) is 0 Å². The summed E-state index contributed by atoms with van der Waals surface area (Å²) >= 11 is 17.8. The topological polar surface area (TPSA) is 66.4 Å². The second kappa shape index (κ2) is 6.69. The first-order valence-corrected chi connectivity index (χ1v) is 7.35. The third-order valence-corrected chi connectivity index (χ3v) is 4.21. The number of anilines is 1. The molecule has 1 aromatic carbocycles. The number of halogens is 3. The predicted octanol–water partition coefficient (Wildman–Crippen LogP) is 4.17. The summed E-state index contributed by atoms with van der Waals surface area (Å²) < 4.78 is 0. The van der Waals surface area contributed by atoms with Crippen LogP contribution >= 0.6 is 34.8 Å². The smallest absolute Gasteiger partial charge is 0.307 e. The average Bonchev–Trinajstić information content (AvgIpc) is 2.42. The molecule has 0 heterocycles. The molecule has 0 aromatic heterocycles. The van der Waals surface area contributed by atoms with Gasteiger partial charge in [0.05, 0.1) is 22.5 Å². The van der Waals surface area contributed by atoms with Gasteiger partial charge in [0, 0.05) is 10.1 Å². The van der Waals surface area contributed by atoms with Crippen LogP contribution in [0.4, 0.5) is 5.69 Å². The Hall–Kier alpha value is -1.23. The van der Waals surface area contributed by atoms with Gasteiger partial charge < -0.3 is 10.4 Å². The summed E-state index contributed by atoms with van der Waals surface area (Å²) in [4.78, 5) is 23.6. The van der Waals surface area contributed by atoms with Gasteiger partial charge in [-0.1, -0.05) is 40.9 Å².